The van der Waals surface area contributed by atoms with E-state index < -0.39 is 5.60 Å². The van der Waals surface area contributed by atoms with E-state index in [1.807, 2.05) is 13.8 Å². The minimum absolute atomic E-state index is 0.266. The zero-order chi connectivity index (χ0) is 6.20. The number of hydrogen-bond acceptors (Lipinski definition) is 2. The van der Waals surface area contributed by atoms with Crippen molar-refractivity contribution in [2.75, 3.05) is 6.54 Å². The highest BCUT2D eigenvalue weighted by molar-refractivity contribution is 4.90. The van der Waals surface area contributed by atoms with Gasteiger partial charge in [0.1, 0.15) is 0 Å². The Morgan fingerprint density at radius 3 is 2.50 bits per heavy atom. The van der Waals surface area contributed by atoms with Crippen LogP contribution in [0.1, 0.15) is 20.3 Å². The molecule has 0 unspecified atom stereocenters. The number of hydrogen-bond donors (Lipinski definition) is 2. The van der Waals surface area contributed by atoms with Crippen LogP contribution in [0.3, 0.4) is 0 Å². The normalized spacial score (nSPS) is 47.6. The number of nitrogens with one attached hydrogen (secondary N) is 1. The van der Waals surface area contributed by atoms with Crippen molar-refractivity contribution in [1.29, 1.82) is 0 Å². The maximum atomic E-state index is 9.40. The lowest BCUT2D eigenvalue weighted by Crippen LogP contribution is -2.36. The van der Waals surface area contributed by atoms with Crippen LogP contribution in [-0.2, 0) is 0 Å². The molecule has 48 valence electrons. The van der Waals surface area contributed by atoms with Crippen LogP contribution in [0.15, 0.2) is 0 Å². The van der Waals surface area contributed by atoms with E-state index in [2.05, 4.69) is 5.32 Å². The van der Waals surface area contributed by atoms with Gasteiger partial charge in [0.2, 0.25) is 0 Å². The second-order valence-corrected chi connectivity index (χ2v) is 2.78. The lowest BCUT2D eigenvalue weighted by molar-refractivity contribution is 0.0528. The maximum absolute atomic E-state index is 9.40. The Bertz CT molecular complexity index is 90.5. The zero-order valence-electron chi connectivity index (χ0n) is 5.44. The Kier molecular flexibility index (Phi) is 1.29. The first kappa shape index (κ1) is 6.05. The molecule has 1 aliphatic rings. The van der Waals surface area contributed by atoms with Gasteiger partial charge in [-0.2, -0.15) is 0 Å². The van der Waals surface area contributed by atoms with Gasteiger partial charge in [0.25, 0.3) is 0 Å². The van der Waals surface area contributed by atoms with Gasteiger partial charge < -0.3 is 10.4 Å². The van der Waals surface area contributed by atoms with Crippen molar-refractivity contribution in [2.45, 2.75) is 31.9 Å². The quantitative estimate of drug-likeness (QED) is 0.470. The Morgan fingerprint density at radius 1 is 1.75 bits per heavy atom. The van der Waals surface area contributed by atoms with Gasteiger partial charge in [-0.3, -0.25) is 0 Å². The maximum Gasteiger partial charge on any atom is 0.0781 e. The molecule has 0 aliphatic carbocycles. The fourth-order valence-corrected chi connectivity index (χ4v) is 0.978. The van der Waals surface area contributed by atoms with Gasteiger partial charge in [0.05, 0.1) is 5.60 Å². The molecule has 0 radical (unpaired) electrons. The molecule has 0 aromatic carbocycles. The minimum atomic E-state index is -0.458. The van der Waals surface area contributed by atoms with Crippen molar-refractivity contribution in [3.63, 3.8) is 0 Å². The first-order valence-corrected chi connectivity index (χ1v) is 3.09. The molecule has 0 amide bonds. The molecule has 1 heterocycles. The lowest BCUT2D eigenvalue weighted by atomic mass is 9.99. The molecule has 0 aromatic rings. The van der Waals surface area contributed by atoms with Crippen LogP contribution < -0.4 is 5.32 Å². The topological polar surface area (TPSA) is 32.3 Å². The summed E-state index contributed by atoms with van der Waals surface area (Å²) in [5.41, 5.74) is -0.458. The van der Waals surface area contributed by atoms with Crippen molar-refractivity contribution < 1.29 is 5.11 Å². The van der Waals surface area contributed by atoms with Gasteiger partial charge in [0, 0.05) is 6.04 Å². The minimum Gasteiger partial charge on any atom is -0.389 e. The van der Waals surface area contributed by atoms with Crippen LogP contribution in [0, 0.1) is 0 Å². The SMILES string of the molecule is C[C@@H]1NCC[C@]1(C)O. The summed E-state index contributed by atoms with van der Waals surface area (Å²) in [5, 5.41) is 12.6. The molecule has 2 N–H and O–H groups in total. The van der Waals surface area contributed by atoms with Crippen LogP contribution in [0.25, 0.3) is 0 Å². The summed E-state index contributed by atoms with van der Waals surface area (Å²) in [7, 11) is 0. The molecule has 0 spiro atoms. The summed E-state index contributed by atoms with van der Waals surface area (Å²) in [5.74, 6) is 0. The van der Waals surface area contributed by atoms with E-state index in [-0.39, 0.29) is 6.04 Å². The summed E-state index contributed by atoms with van der Waals surface area (Å²) in [6.45, 7) is 4.83. The van der Waals surface area contributed by atoms with Crippen LogP contribution in [0.2, 0.25) is 0 Å². The van der Waals surface area contributed by atoms with Crippen molar-refractivity contribution in [3.8, 4) is 0 Å². The average molecular weight is 115 g/mol. The van der Waals surface area contributed by atoms with Gasteiger partial charge in [-0.05, 0) is 26.8 Å². The van der Waals surface area contributed by atoms with Crippen molar-refractivity contribution in [3.05, 3.63) is 0 Å². The van der Waals surface area contributed by atoms with Gasteiger partial charge in [-0.15, -0.1) is 0 Å². The first-order chi connectivity index (χ1) is 3.63. The molecule has 8 heavy (non-hydrogen) atoms. The van der Waals surface area contributed by atoms with Gasteiger partial charge in [-0.1, -0.05) is 0 Å². The van der Waals surface area contributed by atoms with Gasteiger partial charge >= 0.3 is 0 Å². The molecule has 1 fully saturated rings. The second-order valence-electron chi connectivity index (χ2n) is 2.78. The number of aliphatic hydroxyl groups is 1. The van der Waals surface area contributed by atoms with E-state index >= 15 is 0 Å². The van der Waals surface area contributed by atoms with E-state index in [0.717, 1.165) is 13.0 Å². The highest BCUT2D eigenvalue weighted by Crippen LogP contribution is 2.18. The van der Waals surface area contributed by atoms with Crippen molar-refractivity contribution in [2.24, 2.45) is 0 Å². The van der Waals surface area contributed by atoms with Crippen LogP contribution in [0.5, 0.6) is 0 Å². The predicted octanol–water partition coefficient (Wildman–Crippen LogP) is 0.119. The second kappa shape index (κ2) is 1.71. The summed E-state index contributed by atoms with van der Waals surface area (Å²) in [6.07, 6.45) is 0.883. The van der Waals surface area contributed by atoms with E-state index in [1.54, 1.807) is 0 Å². The first-order valence-electron chi connectivity index (χ1n) is 3.09. The van der Waals surface area contributed by atoms with Crippen LogP contribution >= 0.6 is 0 Å². The van der Waals surface area contributed by atoms with Crippen molar-refractivity contribution in [1.82, 2.24) is 5.32 Å². The third-order valence-corrected chi connectivity index (χ3v) is 2.01. The molecule has 1 saturated heterocycles. The molecular weight excluding hydrogens is 102 g/mol. The molecule has 2 nitrogen and oxygen atoms in total. The van der Waals surface area contributed by atoms with Crippen LogP contribution in [-0.4, -0.2) is 23.3 Å². The molecule has 2 atom stereocenters. The predicted molar refractivity (Wildman–Crippen MR) is 32.7 cm³/mol. The fraction of sp³-hybridized carbons (Fsp3) is 1.00. The van der Waals surface area contributed by atoms with Gasteiger partial charge in [0.15, 0.2) is 0 Å². The Morgan fingerprint density at radius 2 is 2.38 bits per heavy atom. The van der Waals surface area contributed by atoms with Crippen molar-refractivity contribution >= 4 is 0 Å². The highest BCUT2D eigenvalue weighted by Gasteiger charge is 2.32. The van der Waals surface area contributed by atoms with Gasteiger partial charge in [-0.25, -0.2) is 0 Å². The van der Waals surface area contributed by atoms with E-state index in [9.17, 15) is 5.11 Å². The van der Waals surface area contributed by atoms with E-state index in [1.165, 1.54) is 0 Å². The van der Waals surface area contributed by atoms with Crippen LogP contribution in [0.4, 0.5) is 0 Å². The summed E-state index contributed by atoms with van der Waals surface area (Å²) < 4.78 is 0. The lowest BCUT2D eigenvalue weighted by Gasteiger charge is -2.20. The van der Waals surface area contributed by atoms with E-state index in [4.69, 9.17) is 0 Å². The summed E-state index contributed by atoms with van der Waals surface area (Å²) in [6, 6.07) is 0.266. The Labute approximate surface area is 49.9 Å². The molecule has 2 heteroatoms. The van der Waals surface area contributed by atoms with E-state index in [0.29, 0.717) is 0 Å². The summed E-state index contributed by atoms with van der Waals surface area (Å²) >= 11 is 0. The smallest absolute Gasteiger partial charge is 0.0781 e. The molecule has 1 rings (SSSR count). The Balaban J connectivity index is 2.54. The third-order valence-electron chi connectivity index (χ3n) is 2.01. The molecule has 1 aliphatic heterocycles. The average Bonchev–Trinajstić information content (AvgIpc) is 1.86. The molecular formula is C6H13NO. The molecule has 0 aromatic heterocycles. The third kappa shape index (κ3) is 0.858. The molecule has 0 bridgehead atoms. The Hall–Kier alpha value is -0.0800. The highest BCUT2D eigenvalue weighted by atomic mass is 16.3. The zero-order valence-corrected chi connectivity index (χ0v) is 5.44. The summed E-state index contributed by atoms with van der Waals surface area (Å²) in [4.78, 5) is 0. The molecule has 0 saturated carbocycles. The number of rotatable bonds is 0. The fourth-order valence-electron chi connectivity index (χ4n) is 0.978. The monoisotopic (exact) mass is 115 g/mol. The largest absolute Gasteiger partial charge is 0.389 e. The standard InChI is InChI=1S/C6H13NO/c1-5-6(2,8)3-4-7-5/h5,7-8H,3-4H2,1-2H3/t5-,6-/m0/s1.